The molecule has 5 nitrogen and oxygen atoms in total. The molecular weight excluding hydrogens is 304 g/mol. The number of nitrogens with one attached hydrogen (secondary N) is 1. The first-order chi connectivity index (χ1) is 11.5. The van der Waals surface area contributed by atoms with Crippen LogP contribution in [0, 0.1) is 20.8 Å². The number of carbonyl (C=O) groups excluding carboxylic acids is 1. The van der Waals surface area contributed by atoms with Gasteiger partial charge in [-0.25, -0.2) is 0 Å². The van der Waals surface area contributed by atoms with Crippen LogP contribution in [0.25, 0.3) is 6.08 Å². The lowest BCUT2D eigenvalue weighted by atomic mass is 10.1. The number of aryl methyl sites for hydroxylation is 3. The Morgan fingerprint density at radius 1 is 1.12 bits per heavy atom. The van der Waals surface area contributed by atoms with Gasteiger partial charge >= 0.3 is 0 Å². The molecule has 124 valence electrons. The Bertz CT molecular complexity index is 789. The van der Waals surface area contributed by atoms with Crippen molar-refractivity contribution in [3.8, 4) is 11.5 Å². The van der Waals surface area contributed by atoms with Crippen molar-refractivity contribution in [3.63, 3.8) is 0 Å². The molecule has 0 radical (unpaired) electrons. The summed E-state index contributed by atoms with van der Waals surface area (Å²) in [7, 11) is 0. The van der Waals surface area contributed by atoms with E-state index in [1.807, 2.05) is 45.0 Å². The molecule has 0 bridgehead atoms. The van der Waals surface area contributed by atoms with Gasteiger partial charge in [0.25, 0.3) is 0 Å². The monoisotopic (exact) mass is 324 g/mol. The quantitative estimate of drug-likeness (QED) is 0.879. The minimum atomic E-state index is -0.193. The van der Waals surface area contributed by atoms with E-state index in [9.17, 15) is 4.79 Å². The lowest BCUT2D eigenvalue weighted by molar-refractivity contribution is -0.111. The van der Waals surface area contributed by atoms with Crippen molar-refractivity contribution in [1.29, 1.82) is 0 Å². The van der Waals surface area contributed by atoms with Gasteiger partial charge in [0.15, 0.2) is 11.5 Å². The third kappa shape index (κ3) is 3.56. The van der Waals surface area contributed by atoms with Crippen LogP contribution in [0.2, 0.25) is 0 Å². The number of fused-ring (bicyclic) bond motifs is 1. The van der Waals surface area contributed by atoms with Gasteiger partial charge in [-0.2, -0.15) is 0 Å². The molecule has 1 amide bonds. The van der Waals surface area contributed by atoms with Gasteiger partial charge in [-0.15, -0.1) is 0 Å². The molecule has 1 aromatic heterocycles. The third-order valence-corrected chi connectivity index (χ3v) is 3.77. The van der Waals surface area contributed by atoms with Crippen LogP contribution in [0.15, 0.2) is 30.3 Å². The van der Waals surface area contributed by atoms with Gasteiger partial charge in [0.1, 0.15) is 13.2 Å². The van der Waals surface area contributed by atoms with E-state index in [4.69, 9.17) is 9.47 Å². The fraction of sp³-hybridized carbons (Fsp3) is 0.263. The summed E-state index contributed by atoms with van der Waals surface area (Å²) >= 11 is 0. The zero-order valence-electron chi connectivity index (χ0n) is 14.1. The van der Waals surface area contributed by atoms with Crippen LogP contribution in [0.4, 0.5) is 5.69 Å². The minimum Gasteiger partial charge on any atom is -0.486 e. The number of nitrogens with zero attached hydrogens (tertiary/aromatic N) is 1. The van der Waals surface area contributed by atoms with Crippen LogP contribution in [-0.4, -0.2) is 24.1 Å². The van der Waals surface area contributed by atoms with E-state index >= 15 is 0 Å². The van der Waals surface area contributed by atoms with Gasteiger partial charge in [0.05, 0.1) is 11.4 Å². The molecule has 1 aromatic carbocycles. The fourth-order valence-electron chi connectivity index (χ4n) is 2.71. The van der Waals surface area contributed by atoms with Crippen LogP contribution in [-0.2, 0) is 4.79 Å². The fourth-order valence-corrected chi connectivity index (χ4v) is 2.71. The maximum Gasteiger partial charge on any atom is 0.248 e. The van der Waals surface area contributed by atoms with Gasteiger partial charge in [-0.05, 0) is 56.2 Å². The van der Waals surface area contributed by atoms with E-state index in [2.05, 4.69) is 10.3 Å². The average Bonchev–Trinajstić information content (AvgIpc) is 2.56. The first-order valence-corrected chi connectivity index (χ1v) is 7.86. The summed E-state index contributed by atoms with van der Waals surface area (Å²) in [5, 5.41) is 2.89. The normalized spacial score (nSPS) is 13.1. The number of carbonyl (C=O) groups is 1. The number of pyridine rings is 1. The van der Waals surface area contributed by atoms with Gasteiger partial charge in [0, 0.05) is 11.8 Å². The van der Waals surface area contributed by atoms with E-state index in [1.165, 1.54) is 6.08 Å². The smallest absolute Gasteiger partial charge is 0.248 e. The summed E-state index contributed by atoms with van der Waals surface area (Å²) < 4.78 is 11.0. The van der Waals surface area contributed by atoms with Gasteiger partial charge < -0.3 is 14.8 Å². The largest absolute Gasteiger partial charge is 0.486 e. The van der Waals surface area contributed by atoms with Crippen molar-refractivity contribution in [1.82, 2.24) is 4.98 Å². The summed E-state index contributed by atoms with van der Waals surface area (Å²) in [6.07, 6.45) is 3.25. The van der Waals surface area contributed by atoms with Crippen LogP contribution in [0.3, 0.4) is 0 Å². The molecule has 0 saturated carbocycles. The van der Waals surface area contributed by atoms with Gasteiger partial charge in [0.2, 0.25) is 5.91 Å². The van der Waals surface area contributed by atoms with E-state index in [1.54, 1.807) is 6.08 Å². The highest BCUT2D eigenvalue weighted by atomic mass is 16.6. The predicted octanol–water partition coefficient (Wildman–Crippen LogP) is 3.43. The number of anilines is 1. The summed E-state index contributed by atoms with van der Waals surface area (Å²) in [5.74, 6) is 1.25. The maximum atomic E-state index is 12.2. The molecule has 1 aliphatic heterocycles. The molecular formula is C19H20N2O3. The summed E-state index contributed by atoms with van der Waals surface area (Å²) in [4.78, 5) is 16.6. The molecule has 0 saturated heterocycles. The summed E-state index contributed by atoms with van der Waals surface area (Å²) in [6.45, 7) is 6.89. The SMILES string of the molecule is Cc1cc(C)c(NC(=O)/C=C/c2ccc3c(c2)OCCO3)c(C)n1. The Balaban J connectivity index is 1.72. The Labute approximate surface area is 141 Å². The summed E-state index contributed by atoms with van der Waals surface area (Å²) in [6, 6.07) is 7.56. The number of aromatic nitrogens is 1. The van der Waals surface area contributed by atoms with Crippen molar-refractivity contribution in [2.45, 2.75) is 20.8 Å². The standard InChI is InChI=1S/C19H20N2O3/c1-12-10-13(2)20-14(3)19(12)21-18(22)7-5-15-4-6-16-17(11-15)24-9-8-23-16/h4-7,10-11H,8-9H2,1-3H3,(H,21,22)/b7-5+. The Morgan fingerprint density at radius 3 is 2.62 bits per heavy atom. The van der Waals surface area contributed by atoms with Gasteiger partial charge in [-0.1, -0.05) is 6.07 Å². The lowest BCUT2D eigenvalue weighted by Crippen LogP contribution is -2.15. The van der Waals surface area contributed by atoms with Crippen molar-refractivity contribution in [3.05, 3.63) is 52.9 Å². The molecule has 3 rings (SSSR count). The van der Waals surface area contributed by atoms with Crippen molar-refractivity contribution in [2.75, 3.05) is 18.5 Å². The highest BCUT2D eigenvalue weighted by Gasteiger charge is 2.11. The van der Waals surface area contributed by atoms with Crippen LogP contribution in [0.5, 0.6) is 11.5 Å². The van der Waals surface area contributed by atoms with Crippen LogP contribution in [0.1, 0.15) is 22.5 Å². The number of hydrogen-bond donors (Lipinski definition) is 1. The molecule has 0 unspecified atom stereocenters. The van der Waals surface area contributed by atoms with E-state index in [-0.39, 0.29) is 5.91 Å². The Kier molecular flexibility index (Phi) is 4.51. The molecule has 2 aromatic rings. The summed E-state index contributed by atoms with van der Waals surface area (Å²) in [5.41, 5.74) is 4.40. The second kappa shape index (κ2) is 6.74. The molecule has 5 heteroatoms. The predicted molar refractivity (Wildman–Crippen MR) is 93.5 cm³/mol. The zero-order chi connectivity index (χ0) is 17.1. The number of amides is 1. The molecule has 24 heavy (non-hydrogen) atoms. The van der Waals surface area contributed by atoms with E-state index < -0.39 is 0 Å². The molecule has 0 spiro atoms. The molecule has 0 fully saturated rings. The molecule has 0 atom stereocenters. The zero-order valence-corrected chi connectivity index (χ0v) is 14.1. The van der Waals surface area contributed by atoms with Crippen LogP contribution >= 0.6 is 0 Å². The lowest BCUT2D eigenvalue weighted by Gasteiger charge is -2.18. The van der Waals surface area contributed by atoms with Gasteiger partial charge in [-0.3, -0.25) is 9.78 Å². The molecule has 1 aliphatic rings. The topological polar surface area (TPSA) is 60.5 Å². The number of hydrogen-bond acceptors (Lipinski definition) is 4. The molecule has 0 aliphatic carbocycles. The molecule has 2 heterocycles. The number of benzene rings is 1. The van der Waals surface area contributed by atoms with Crippen LogP contribution < -0.4 is 14.8 Å². The number of ether oxygens (including phenoxy) is 2. The van der Waals surface area contributed by atoms with Crippen molar-refractivity contribution >= 4 is 17.7 Å². The van der Waals surface area contributed by atoms with E-state index in [0.29, 0.717) is 19.0 Å². The highest BCUT2D eigenvalue weighted by Crippen LogP contribution is 2.31. The second-order valence-electron chi connectivity index (χ2n) is 5.77. The highest BCUT2D eigenvalue weighted by molar-refractivity contribution is 6.02. The number of rotatable bonds is 3. The van der Waals surface area contributed by atoms with E-state index in [0.717, 1.165) is 34.0 Å². The Morgan fingerprint density at radius 2 is 1.88 bits per heavy atom. The molecule has 1 N–H and O–H groups in total. The Hall–Kier alpha value is -2.82. The first-order valence-electron chi connectivity index (χ1n) is 7.86. The second-order valence-corrected chi connectivity index (χ2v) is 5.77. The average molecular weight is 324 g/mol. The van der Waals surface area contributed by atoms with Crippen molar-refractivity contribution in [2.24, 2.45) is 0 Å². The van der Waals surface area contributed by atoms with Crippen molar-refractivity contribution < 1.29 is 14.3 Å². The first kappa shape index (κ1) is 16.1. The minimum absolute atomic E-state index is 0.193. The maximum absolute atomic E-state index is 12.2. The third-order valence-electron chi connectivity index (χ3n) is 3.77.